The monoisotopic (exact) mass is 319 g/mol. The van der Waals surface area contributed by atoms with Crippen LogP contribution in [0.5, 0.6) is 0 Å². The van der Waals surface area contributed by atoms with E-state index in [0.29, 0.717) is 0 Å². The van der Waals surface area contributed by atoms with Crippen molar-refractivity contribution in [2.75, 3.05) is 19.6 Å². The van der Waals surface area contributed by atoms with E-state index in [1.807, 2.05) is 18.2 Å². The molecule has 0 saturated carbocycles. The van der Waals surface area contributed by atoms with Crippen molar-refractivity contribution in [1.82, 2.24) is 15.4 Å². The molecule has 22 heavy (non-hydrogen) atoms. The minimum Gasteiger partial charge on any atom is -0.356 e. The molecule has 118 valence electrons. The lowest BCUT2D eigenvalue weighted by Crippen LogP contribution is -2.43. The van der Waals surface area contributed by atoms with Crippen LogP contribution in [0, 0.1) is 5.92 Å². The molecule has 1 aromatic heterocycles. The molecule has 0 bridgehead atoms. The highest BCUT2D eigenvalue weighted by atomic mass is 35.5. The van der Waals surface area contributed by atoms with Crippen molar-refractivity contribution >= 4 is 12.4 Å². The summed E-state index contributed by atoms with van der Waals surface area (Å²) in [6.07, 6.45) is 2.57. The topological polar surface area (TPSA) is 41.3 Å². The SMILES string of the molecule is Cl.c1ccc(-c2cc(CN3CCC4NCCC4C3)no2)cc1. The van der Waals surface area contributed by atoms with Crippen LogP contribution < -0.4 is 5.32 Å². The van der Waals surface area contributed by atoms with E-state index in [1.54, 1.807) is 0 Å². The average molecular weight is 320 g/mol. The molecule has 0 amide bonds. The summed E-state index contributed by atoms with van der Waals surface area (Å²) in [4.78, 5) is 2.51. The van der Waals surface area contributed by atoms with E-state index < -0.39 is 0 Å². The Labute approximate surface area is 137 Å². The number of halogens is 1. The molecule has 2 aromatic rings. The van der Waals surface area contributed by atoms with E-state index in [9.17, 15) is 0 Å². The predicted molar refractivity (Wildman–Crippen MR) is 89.0 cm³/mol. The fourth-order valence-corrected chi connectivity index (χ4v) is 3.62. The summed E-state index contributed by atoms with van der Waals surface area (Å²) < 4.78 is 5.49. The van der Waals surface area contributed by atoms with Gasteiger partial charge in [-0.2, -0.15) is 0 Å². The van der Waals surface area contributed by atoms with Gasteiger partial charge in [0.25, 0.3) is 0 Å². The Morgan fingerprint density at radius 3 is 2.95 bits per heavy atom. The number of fused-ring (bicyclic) bond motifs is 1. The molecule has 0 spiro atoms. The molecule has 5 heteroatoms. The van der Waals surface area contributed by atoms with Crippen LogP contribution in [0.2, 0.25) is 0 Å². The van der Waals surface area contributed by atoms with E-state index in [0.717, 1.165) is 42.1 Å². The van der Waals surface area contributed by atoms with Gasteiger partial charge >= 0.3 is 0 Å². The molecule has 2 aliphatic heterocycles. The summed E-state index contributed by atoms with van der Waals surface area (Å²) in [5, 5.41) is 7.85. The summed E-state index contributed by atoms with van der Waals surface area (Å²) in [5.74, 6) is 1.68. The van der Waals surface area contributed by atoms with Gasteiger partial charge in [0.05, 0.1) is 5.69 Å². The smallest absolute Gasteiger partial charge is 0.167 e. The molecule has 1 N–H and O–H groups in total. The highest BCUT2D eigenvalue weighted by Gasteiger charge is 2.32. The number of hydrogen-bond donors (Lipinski definition) is 1. The minimum absolute atomic E-state index is 0. The molecule has 4 rings (SSSR count). The van der Waals surface area contributed by atoms with Crippen molar-refractivity contribution in [2.45, 2.75) is 25.4 Å². The van der Waals surface area contributed by atoms with Crippen LogP contribution in [0.1, 0.15) is 18.5 Å². The van der Waals surface area contributed by atoms with E-state index in [2.05, 4.69) is 33.6 Å². The molecule has 2 atom stereocenters. The summed E-state index contributed by atoms with van der Waals surface area (Å²) in [6.45, 7) is 4.43. The first-order valence-corrected chi connectivity index (χ1v) is 7.85. The van der Waals surface area contributed by atoms with Gasteiger partial charge in [-0.25, -0.2) is 0 Å². The van der Waals surface area contributed by atoms with Crippen molar-refractivity contribution < 1.29 is 4.52 Å². The van der Waals surface area contributed by atoms with Gasteiger partial charge in [-0.05, 0) is 25.3 Å². The first-order valence-electron chi connectivity index (χ1n) is 7.85. The number of piperidine rings is 1. The maximum absolute atomic E-state index is 5.49. The zero-order valence-electron chi connectivity index (χ0n) is 12.6. The van der Waals surface area contributed by atoms with Gasteiger partial charge in [0.1, 0.15) is 0 Å². The molecule has 0 radical (unpaired) electrons. The lowest BCUT2D eigenvalue weighted by molar-refractivity contribution is 0.152. The first kappa shape index (κ1) is 15.5. The highest BCUT2D eigenvalue weighted by molar-refractivity contribution is 5.85. The summed E-state index contributed by atoms with van der Waals surface area (Å²) >= 11 is 0. The lowest BCUT2D eigenvalue weighted by atomic mass is 9.93. The average Bonchev–Trinajstić information content (AvgIpc) is 3.17. The molecular weight excluding hydrogens is 298 g/mol. The van der Waals surface area contributed by atoms with Crippen molar-refractivity contribution in [1.29, 1.82) is 0 Å². The van der Waals surface area contributed by atoms with Gasteiger partial charge in [0, 0.05) is 37.3 Å². The fraction of sp³-hybridized carbons (Fsp3) is 0.471. The van der Waals surface area contributed by atoms with E-state index >= 15 is 0 Å². The third kappa shape index (κ3) is 3.19. The van der Waals surface area contributed by atoms with Gasteiger partial charge in [-0.15, -0.1) is 12.4 Å². The van der Waals surface area contributed by atoms with E-state index in [-0.39, 0.29) is 12.4 Å². The second kappa shape index (κ2) is 6.82. The molecule has 4 nitrogen and oxygen atoms in total. The summed E-state index contributed by atoms with van der Waals surface area (Å²) in [5.41, 5.74) is 2.13. The molecule has 3 heterocycles. The van der Waals surface area contributed by atoms with Gasteiger partial charge in [0.2, 0.25) is 0 Å². The lowest BCUT2D eigenvalue weighted by Gasteiger charge is -2.34. The fourth-order valence-electron chi connectivity index (χ4n) is 3.62. The summed E-state index contributed by atoms with van der Waals surface area (Å²) in [7, 11) is 0. The predicted octanol–water partition coefficient (Wildman–Crippen LogP) is 2.95. The summed E-state index contributed by atoms with van der Waals surface area (Å²) in [6, 6.07) is 13.0. The second-order valence-electron chi connectivity index (χ2n) is 6.18. The van der Waals surface area contributed by atoms with Gasteiger partial charge in [-0.3, -0.25) is 4.90 Å². The number of likely N-dealkylation sites (tertiary alicyclic amines) is 1. The molecule has 2 aliphatic rings. The van der Waals surface area contributed by atoms with Crippen LogP contribution in [0.3, 0.4) is 0 Å². The maximum Gasteiger partial charge on any atom is 0.167 e. The number of nitrogens with one attached hydrogen (secondary N) is 1. The van der Waals surface area contributed by atoms with Crippen molar-refractivity contribution in [3.05, 3.63) is 42.1 Å². The van der Waals surface area contributed by atoms with Crippen LogP contribution in [0.25, 0.3) is 11.3 Å². The van der Waals surface area contributed by atoms with Crippen LogP contribution in [-0.4, -0.2) is 35.7 Å². The maximum atomic E-state index is 5.49. The standard InChI is InChI=1S/C17H21N3O.ClH/c1-2-4-13(5-3-1)17-10-15(19-21-17)12-20-9-7-16-14(11-20)6-8-18-16;/h1-5,10,14,16,18H,6-9,11-12H2;1H. The third-order valence-corrected chi connectivity index (χ3v) is 4.74. The first-order chi connectivity index (χ1) is 10.4. The van der Waals surface area contributed by atoms with Gasteiger partial charge in [-0.1, -0.05) is 35.5 Å². The highest BCUT2D eigenvalue weighted by Crippen LogP contribution is 2.26. The number of rotatable bonds is 3. The number of benzene rings is 1. The molecule has 2 saturated heterocycles. The van der Waals surface area contributed by atoms with Crippen molar-refractivity contribution in [2.24, 2.45) is 5.92 Å². The number of nitrogens with zero attached hydrogens (tertiary/aromatic N) is 2. The molecule has 2 fully saturated rings. The molecule has 2 unspecified atom stereocenters. The largest absolute Gasteiger partial charge is 0.356 e. The zero-order chi connectivity index (χ0) is 14.1. The van der Waals surface area contributed by atoms with Crippen molar-refractivity contribution in [3.63, 3.8) is 0 Å². The Kier molecular flexibility index (Phi) is 4.81. The Morgan fingerprint density at radius 1 is 1.23 bits per heavy atom. The van der Waals surface area contributed by atoms with Crippen LogP contribution >= 0.6 is 12.4 Å². The molecule has 0 aliphatic carbocycles. The van der Waals surface area contributed by atoms with Crippen LogP contribution in [-0.2, 0) is 6.54 Å². The van der Waals surface area contributed by atoms with Crippen molar-refractivity contribution in [3.8, 4) is 11.3 Å². The van der Waals surface area contributed by atoms with E-state index in [4.69, 9.17) is 4.52 Å². The Morgan fingerprint density at radius 2 is 2.09 bits per heavy atom. The normalized spacial score (nSPS) is 24.7. The molecule has 1 aromatic carbocycles. The van der Waals surface area contributed by atoms with Gasteiger partial charge in [0.15, 0.2) is 5.76 Å². The Balaban J connectivity index is 0.00000144. The third-order valence-electron chi connectivity index (χ3n) is 4.74. The number of aromatic nitrogens is 1. The van der Waals surface area contributed by atoms with E-state index in [1.165, 1.54) is 25.9 Å². The Bertz CT molecular complexity index is 601. The number of hydrogen-bond acceptors (Lipinski definition) is 4. The Hall–Kier alpha value is -1.36. The zero-order valence-corrected chi connectivity index (χ0v) is 13.4. The van der Waals surface area contributed by atoms with Gasteiger partial charge < -0.3 is 9.84 Å². The minimum atomic E-state index is 0. The van der Waals surface area contributed by atoms with Crippen LogP contribution in [0.15, 0.2) is 40.9 Å². The molecular formula is C17H22ClN3O. The quantitative estimate of drug-likeness (QED) is 0.944. The second-order valence-corrected chi connectivity index (χ2v) is 6.18. The van der Waals surface area contributed by atoms with Crippen LogP contribution in [0.4, 0.5) is 0 Å².